The first-order chi connectivity index (χ1) is 19.4. The number of amides is 1. The number of carbonyl (C=O) groups excluding carboxylic acids is 1. The number of carbonyl (C=O) groups is 1. The molecule has 3 aromatic carbocycles. The van der Waals surface area contributed by atoms with Gasteiger partial charge in [0.2, 0.25) is 5.90 Å². The molecule has 4 rings (SSSR count). The number of hydrogen-bond acceptors (Lipinski definition) is 6. The fourth-order valence-corrected chi connectivity index (χ4v) is 4.87. The largest absolute Gasteiger partial charge is 0.494 e. The van der Waals surface area contributed by atoms with Crippen molar-refractivity contribution in [1.82, 2.24) is 5.32 Å². The van der Waals surface area contributed by atoms with Gasteiger partial charge in [-0.25, -0.2) is 4.99 Å². The standard InChI is InChI=1S/C30H32BrN5O4/c1-20(2)34-29(38)30(18-21-8-12-24(31)13-9-21)27(26-7-4-3-6-23(26)19-33-36-32)40-28(35-30)22-10-14-25(15-11-22)39-17-5-16-37/h3-4,6-15,20,27,37H,5,16-19H2,1-2H3,(H,34,38)/t27-,30-/m1/s1. The van der Waals surface area contributed by atoms with Crippen LogP contribution in [0.2, 0.25) is 0 Å². The van der Waals surface area contributed by atoms with Gasteiger partial charge in [0, 0.05) is 40.4 Å². The van der Waals surface area contributed by atoms with E-state index in [2.05, 4.69) is 31.3 Å². The zero-order valence-corrected chi connectivity index (χ0v) is 24.0. The molecule has 0 fully saturated rings. The molecular weight excluding hydrogens is 574 g/mol. The van der Waals surface area contributed by atoms with E-state index in [-0.39, 0.29) is 31.5 Å². The molecule has 2 atom stereocenters. The number of aliphatic hydroxyl groups is 1. The highest BCUT2D eigenvalue weighted by Gasteiger charge is 2.53. The predicted octanol–water partition coefficient (Wildman–Crippen LogP) is 6.04. The molecule has 0 aliphatic carbocycles. The lowest BCUT2D eigenvalue weighted by Crippen LogP contribution is -2.51. The first-order valence-electron chi connectivity index (χ1n) is 13.1. The number of azide groups is 1. The number of nitrogens with zero attached hydrogens (tertiary/aromatic N) is 4. The molecule has 0 saturated carbocycles. The average molecular weight is 607 g/mol. The third kappa shape index (κ3) is 6.83. The molecule has 0 radical (unpaired) electrons. The third-order valence-electron chi connectivity index (χ3n) is 6.48. The minimum absolute atomic E-state index is 0.0597. The molecule has 3 aromatic rings. The number of aliphatic imine (C=N–C) groups is 1. The zero-order chi connectivity index (χ0) is 28.5. The van der Waals surface area contributed by atoms with E-state index in [1.54, 1.807) is 0 Å². The van der Waals surface area contributed by atoms with Gasteiger partial charge in [-0.05, 0) is 72.5 Å². The van der Waals surface area contributed by atoms with E-state index in [0.717, 1.165) is 21.2 Å². The first-order valence-corrected chi connectivity index (χ1v) is 13.9. The van der Waals surface area contributed by atoms with Crippen molar-refractivity contribution in [2.75, 3.05) is 13.2 Å². The number of rotatable bonds is 12. The lowest BCUT2D eigenvalue weighted by molar-refractivity contribution is -0.129. The van der Waals surface area contributed by atoms with Crippen molar-refractivity contribution in [2.24, 2.45) is 10.1 Å². The number of aliphatic hydroxyl groups excluding tert-OH is 1. The number of hydrogen-bond donors (Lipinski definition) is 2. The summed E-state index contributed by atoms with van der Waals surface area (Å²) in [6.07, 6.45) is 0.0407. The van der Waals surface area contributed by atoms with Crippen LogP contribution in [0.15, 0.2) is 87.4 Å². The maximum absolute atomic E-state index is 14.1. The van der Waals surface area contributed by atoms with Gasteiger partial charge < -0.3 is 19.9 Å². The second kappa shape index (κ2) is 13.5. The Morgan fingerprint density at radius 3 is 2.58 bits per heavy atom. The molecule has 1 heterocycles. The summed E-state index contributed by atoms with van der Waals surface area (Å²) < 4.78 is 13.2. The van der Waals surface area contributed by atoms with Crippen molar-refractivity contribution in [2.45, 2.75) is 50.9 Å². The van der Waals surface area contributed by atoms with Crippen LogP contribution in [-0.2, 0) is 22.5 Å². The molecule has 0 bridgehead atoms. The van der Waals surface area contributed by atoms with Crippen LogP contribution >= 0.6 is 15.9 Å². The monoisotopic (exact) mass is 605 g/mol. The summed E-state index contributed by atoms with van der Waals surface area (Å²) in [4.78, 5) is 22.1. The van der Waals surface area contributed by atoms with E-state index in [1.807, 2.05) is 86.6 Å². The highest BCUT2D eigenvalue weighted by molar-refractivity contribution is 9.10. The van der Waals surface area contributed by atoms with Crippen molar-refractivity contribution >= 4 is 27.7 Å². The number of ether oxygens (including phenoxy) is 2. The van der Waals surface area contributed by atoms with E-state index in [4.69, 9.17) is 25.1 Å². The van der Waals surface area contributed by atoms with Crippen molar-refractivity contribution in [3.63, 3.8) is 0 Å². The van der Waals surface area contributed by atoms with Gasteiger partial charge in [0.15, 0.2) is 11.6 Å². The lowest BCUT2D eigenvalue weighted by Gasteiger charge is -2.32. The number of halogens is 1. The summed E-state index contributed by atoms with van der Waals surface area (Å²) in [5.41, 5.74) is 10.7. The Balaban J connectivity index is 1.83. The van der Waals surface area contributed by atoms with E-state index in [1.165, 1.54) is 0 Å². The van der Waals surface area contributed by atoms with Gasteiger partial charge in [0.05, 0.1) is 13.2 Å². The van der Waals surface area contributed by atoms with Crippen LogP contribution in [0.5, 0.6) is 5.75 Å². The number of nitrogens with one attached hydrogen (secondary N) is 1. The second-order valence-electron chi connectivity index (χ2n) is 9.81. The quantitative estimate of drug-likeness (QED) is 0.113. The molecule has 9 nitrogen and oxygen atoms in total. The SMILES string of the molecule is CC(C)NC(=O)[C@]1(Cc2ccc(Br)cc2)N=C(c2ccc(OCCCO)cc2)O[C@@H]1c1ccccc1CN=[N+]=[N-]. The van der Waals surface area contributed by atoms with Crippen LogP contribution in [0, 0.1) is 0 Å². The van der Waals surface area contributed by atoms with Crippen molar-refractivity contribution < 1.29 is 19.4 Å². The molecule has 1 aliphatic rings. The first kappa shape index (κ1) is 29.1. The molecule has 1 aliphatic heterocycles. The summed E-state index contributed by atoms with van der Waals surface area (Å²) in [5.74, 6) is 0.736. The lowest BCUT2D eigenvalue weighted by atomic mass is 9.80. The van der Waals surface area contributed by atoms with Crippen molar-refractivity contribution in [3.8, 4) is 5.75 Å². The molecule has 2 N–H and O–H groups in total. The minimum atomic E-state index is -1.34. The van der Waals surface area contributed by atoms with Crippen LogP contribution in [-0.4, -0.2) is 41.7 Å². The van der Waals surface area contributed by atoms with Gasteiger partial charge in [-0.15, -0.1) is 0 Å². The summed E-state index contributed by atoms with van der Waals surface area (Å²) in [5, 5.41) is 15.9. The Hall–Kier alpha value is -3.85. The molecule has 40 heavy (non-hydrogen) atoms. The number of benzene rings is 3. The summed E-state index contributed by atoms with van der Waals surface area (Å²) in [7, 11) is 0. The van der Waals surface area contributed by atoms with Gasteiger partial charge in [-0.1, -0.05) is 57.4 Å². The summed E-state index contributed by atoms with van der Waals surface area (Å²) in [6.45, 7) is 4.40. The van der Waals surface area contributed by atoms with E-state index in [9.17, 15) is 4.79 Å². The second-order valence-corrected chi connectivity index (χ2v) is 10.7. The molecule has 10 heteroatoms. The van der Waals surface area contributed by atoms with Gasteiger partial charge >= 0.3 is 0 Å². The average Bonchev–Trinajstić information content (AvgIpc) is 3.34. The maximum Gasteiger partial charge on any atom is 0.252 e. The fraction of sp³-hybridized carbons (Fsp3) is 0.333. The van der Waals surface area contributed by atoms with Gasteiger partial charge in [0.25, 0.3) is 5.91 Å². The maximum atomic E-state index is 14.1. The van der Waals surface area contributed by atoms with E-state index >= 15 is 0 Å². The van der Waals surface area contributed by atoms with Crippen molar-refractivity contribution in [3.05, 3.63) is 110 Å². The molecule has 208 valence electrons. The van der Waals surface area contributed by atoms with Crippen LogP contribution < -0.4 is 10.1 Å². The van der Waals surface area contributed by atoms with Crippen LogP contribution in [0.3, 0.4) is 0 Å². The highest BCUT2D eigenvalue weighted by atomic mass is 79.9. The Morgan fingerprint density at radius 2 is 1.90 bits per heavy atom. The molecule has 0 saturated heterocycles. The molecular formula is C30H32BrN5O4. The van der Waals surface area contributed by atoms with Gasteiger partial charge in [-0.3, -0.25) is 4.79 Å². The fourth-order valence-electron chi connectivity index (χ4n) is 4.60. The third-order valence-corrected chi connectivity index (χ3v) is 7.01. The topological polar surface area (TPSA) is 129 Å². The smallest absolute Gasteiger partial charge is 0.252 e. The predicted molar refractivity (Wildman–Crippen MR) is 157 cm³/mol. The Labute approximate surface area is 242 Å². The highest BCUT2D eigenvalue weighted by Crippen LogP contribution is 2.44. The molecule has 0 aromatic heterocycles. The summed E-state index contributed by atoms with van der Waals surface area (Å²) in [6, 6.07) is 22.5. The van der Waals surface area contributed by atoms with E-state index < -0.39 is 11.6 Å². The van der Waals surface area contributed by atoms with Crippen LogP contribution in [0.25, 0.3) is 10.4 Å². The van der Waals surface area contributed by atoms with Crippen LogP contribution in [0.1, 0.15) is 48.6 Å². The zero-order valence-electron chi connectivity index (χ0n) is 22.5. The van der Waals surface area contributed by atoms with Gasteiger partial charge in [-0.2, -0.15) is 0 Å². The Morgan fingerprint density at radius 1 is 1.18 bits per heavy atom. The Bertz CT molecular complexity index is 1390. The normalized spacial score (nSPS) is 18.0. The van der Waals surface area contributed by atoms with E-state index in [0.29, 0.717) is 30.2 Å². The van der Waals surface area contributed by atoms with Crippen molar-refractivity contribution in [1.29, 1.82) is 0 Å². The van der Waals surface area contributed by atoms with Crippen LogP contribution in [0.4, 0.5) is 0 Å². The molecule has 1 amide bonds. The summed E-state index contributed by atoms with van der Waals surface area (Å²) >= 11 is 3.49. The van der Waals surface area contributed by atoms with Gasteiger partial charge in [0.1, 0.15) is 5.75 Å². The minimum Gasteiger partial charge on any atom is -0.494 e. The molecule has 0 spiro atoms. The Kier molecular flexibility index (Phi) is 9.82. The molecule has 0 unspecified atom stereocenters.